The minimum Gasteiger partial charge on any atom is -0.386 e. The molecule has 2 nitrogen and oxygen atoms in total. The molecule has 0 aromatic rings. The van der Waals surface area contributed by atoms with Crippen molar-refractivity contribution in [3.8, 4) is 0 Å². The summed E-state index contributed by atoms with van der Waals surface area (Å²) in [6.45, 7) is 0.434. The van der Waals surface area contributed by atoms with Gasteiger partial charge in [0.25, 0.3) is 0 Å². The lowest BCUT2D eigenvalue weighted by Gasteiger charge is -2.02. The third-order valence-corrected chi connectivity index (χ3v) is 0.560. The van der Waals surface area contributed by atoms with Gasteiger partial charge in [0.2, 0.25) is 6.61 Å². The van der Waals surface area contributed by atoms with Gasteiger partial charge >= 0.3 is 6.18 Å². The molecule has 0 unspecified atom stereocenters. The summed E-state index contributed by atoms with van der Waals surface area (Å²) >= 11 is 0. The van der Waals surface area contributed by atoms with Gasteiger partial charge in [-0.15, -0.1) is 0 Å². The molecule has 0 saturated carbocycles. The molecule has 0 aromatic carbocycles. The van der Waals surface area contributed by atoms with Crippen molar-refractivity contribution in [2.24, 2.45) is 5.16 Å². The van der Waals surface area contributed by atoms with Crippen LogP contribution in [0.1, 0.15) is 13.3 Å². The standard InChI is InChI=1S/C5H8F3NO/c1-2-3-9-10-4-5(6,7)8/h3H,2,4H2,1H3/b9-3+. The molecule has 0 saturated heterocycles. The molecular formula is C5H8F3NO. The second-order valence-electron chi connectivity index (χ2n) is 1.58. The highest BCUT2D eigenvalue weighted by molar-refractivity contribution is 5.55. The van der Waals surface area contributed by atoms with Crippen LogP contribution in [0.3, 0.4) is 0 Å². The van der Waals surface area contributed by atoms with Crippen LogP contribution in [-0.4, -0.2) is 19.0 Å². The van der Waals surface area contributed by atoms with Crippen molar-refractivity contribution in [1.82, 2.24) is 0 Å². The summed E-state index contributed by atoms with van der Waals surface area (Å²) in [7, 11) is 0. The molecule has 0 aliphatic heterocycles. The maximum atomic E-state index is 11.3. The normalized spacial score (nSPS) is 12.4. The van der Waals surface area contributed by atoms with Crippen molar-refractivity contribution >= 4 is 6.21 Å². The fraction of sp³-hybridized carbons (Fsp3) is 0.800. The molecule has 0 aromatic heterocycles. The largest absolute Gasteiger partial charge is 0.425 e. The maximum absolute atomic E-state index is 11.3. The smallest absolute Gasteiger partial charge is 0.386 e. The molecule has 0 aliphatic carbocycles. The number of hydrogen-bond donors (Lipinski definition) is 0. The van der Waals surface area contributed by atoms with Crippen LogP contribution in [0.5, 0.6) is 0 Å². The summed E-state index contributed by atoms with van der Waals surface area (Å²) in [5, 5.41) is 3.03. The van der Waals surface area contributed by atoms with Gasteiger partial charge in [0.05, 0.1) is 0 Å². The molecule has 0 aliphatic rings. The van der Waals surface area contributed by atoms with Gasteiger partial charge in [-0.2, -0.15) is 13.2 Å². The van der Waals surface area contributed by atoms with E-state index in [2.05, 4.69) is 9.99 Å². The number of halogens is 3. The van der Waals surface area contributed by atoms with E-state index >= 15 is 0 Å². The first-order valence-electron chi connectivity index (χ1n) is 2.77. The fourth-order valence-corrected chi connectivity index (χ4v) is 0.238. The lowest BCUT2D eigenvalue weighted by atomic mass is 10.6. The fourth-order valence-electron chi connectivity index (χ4n) is 0.238. The molecule has 0 amide bonds. The zero-order valence-electron chi connectivity index (χ0n) is 5.48. The van der Waals surface area contributed by atoms with E-state index in [1.807, 2.05) is 0 Å². The number of rotatable bonds is 3. The highest BCUT2D eigenvalue weighted by atomic mass is 19.4. The Balaban J connectivity index is 3.28. The second-order valence-corrected chi connectivity index (χ2v) is 1.58. The van der Waals surface area contributed by atoms with Crippen molar-refractivity contribution in [1.29, 1.82) is 0 Å². The van der Waals surface area contributed by atoms with Gasteiger partial charge in [0.1, 0.15) is 0 Å². The summed E-state index contributed by atoms with van der Waals surface area (Å²) in [6.07, 6.45) is -2.45. The van der Waals surface area contributed by atoms with Crippen molar-refractivity contribution in [2.75, 3.05) is 6.61 Å². The summed E-state index contributed by atoms with van der Waals surface area (Å²) in [6, 6.07) is 0. The van der Waals surface area contributed by atoms with Crippen LogP contribution in [0.4, 0.5) is 13.2 Å². The Kier molecular flexibility index (Phi) is 3.83. The molecule has 5 heteroatoms. The first-order chi connectivity index (χ1) is 4.56. The molecule has 0 rings (SSSR count). The summed E-state index contributed by atoms with van der Waals surface area (Å²) < 4.78 is 33.9. The van der Waals surface area contributed by atoms with Crippen LogP contribution in [0.25, 0.3) is 0 Å². The van der Waals surface area contributed by atoms with E-state index < -0.39 is 12.8 Å². The number of alkyl halides is 3. The molecule has 0 atom stereocenters. The predicted octanol–water partition coefficient (Wildman–Crippen LogP) is 1.96. The molecule has 0 fully saturated rings. The molecule has 0 bridgehead atoms. The van der Waals surface area contributed by atoms with Crippen LogP contribution in [0, 0.1) is 0 Å². The number of oxime groups is 1. The molecule has 0 heterocycles. The zero-order chi connectivity index (χ0) is 8.04. The first kappa shape index (κ1) is 9.26. The van der Waals surface area contributed by atoms with Gasteiger partial charge in [0.15, 0.2) is 0 Å². The van der Waals surface area contributed by atoms with E-state index in [9.17, 15) is 13.2 Å². The molecule has 60 valence electrons. The third-order valence-electron chi connectivity index (χ3n) is 0.560. The van der Waals surface area contributed by atoms with E-state index in [4.69, 9.17) is 0 Å². The highest BCUT2D eigenvalue weighted by Crippen LogP contribution is 2.14. The number of nitrogens with zero attached hydrogens (tertiary/aromatic N) is 1. The van der Waals surface area contributed by atoms with Crippen molar-refractivity contribution in [3.05, 3.63) is 0 Å². The molecular weight excluding hydrogens is 147 g/mol. The van der Waals surface area contributed by atoms with E-state index in [-0.39, 0.29) is 0 Å². The Hall–Kier alpha value is -0.740. The lowest BCUT2D eigenvalue weighted by Crippen LogP contribution is -2.14. The Morgan fingerprint density at radius 2 is 2.10 bits per heavy atom. The van der Waals surface area contributed by atoms with Crippen molar-refractivity contribution < 1.29 is 18.0 Å². The lowest BCUT2D eigenvalue weighted by molar-refractivity contribution is -0.173. The van der Waals surface area contributed by atoms with Crippen LogP contribution in [0.15, 0.2) is 5.16 Å². The Morgan fingerprint density at radius 3 is 2.50 bits per heavy atom. The van der Waals surface area contributed by atoms with Crippen LogP contribution >= 0.6 is 0 Å². The molecule has 0 spiro atoms. The Labute approximate surface area is 56.7 Å². The minimum absolute atomic E-state index is 0.567. The van der Waals surface area contributed by atoms with Gasteiger partial charge < -0.3 is 4.84 Å². The average molecular weight is 155 g/mol. The van der Waals surface area contributed by atoms with E-state index in [0.29, 0.717) is 6.42 Å². The average Bonchev–Trinajstić information content (AvgIpc) is 1.78. The topological polar surface area (TPSA) is 21.6 Å². The summed E-state index contributed by atoms with van der Waals surface area (Å²) in [4.78, 5) is 3.88. The second kappa shape index (κ2) is 4.14. The minimum atomic E-state index is -4.29. The molecule has 10 heavy (non-hydrogen) atoms. The molecule has 0 N–H and O–H groups in total. The van der Waals surface area contributed by atoms with Gasteiger partial charge in [0, 0.05) is 6.21 Å². The summed E-state index contributed by atoms with van der Waals surface area (Å²) in [5.74, 6) is 0. The van der Waals surface area contributed by atoms with Gasteiger partial charge in [-0.1, -0.05) is 12.1 Å². The SMILES string of the molecule is CC/C=N/OCC(F)(F)F. The number of hydrogen-bond acceptors (Lipinski definition) is 2. The van der Waals surface area contributed by atoms with Gasteiger partial charge in [-0.3, -0.25) is 0 Å². The maximum Gasteiger partial charge on any atom is 0.425 e. The quantitative estimate of drug-likeness (QED) is 0.451. The van der Waals surface area contributed by atoms with Crippen LogP contribution in [-0.2, 0) is 4.84 Å². The first-order valence-corrected chi connectivity index (χ1v) is 2.77. The monoisotopic (exact) mass is 155 g/mol. The Bertz CT molecular complexity index is 110. The zero-order valence-corrected chi connectivity index (χ0v) is 5.48. The van der Waals surface area contributed by atoms with Crippen molar-refractivity contribution in [2.45, 2.75) is 19.5 Å². The van der Waals surface area contributed by atoms with Crippen LogP contribution < -0.4 is 0 Å². The van der Waals surface area contributed by atoms with E-state index in [1.54, 1.807) is 6.92 Å². The third kappa shape index (κ3) is 7.26. The molecule has 0 radical (unpaired) electrons. The van der Waals surface area contributed by atoms with Gasteiger partial charge in [-0.05, 0) is 6.42 Å². The van der Waals surface area contributed by atoms with Crippen molar-refractivity contribution in [3.63, 3.8) is 0 Å². The van der Waals surface area contributed by atoms with E-state index in [0.717, 1.165) is 0 Å². The highest BCUT2D eigenvalue weighted by Gasteiger charge is 2.28. The summed E-state index contributed by atoms with van der Waals surface area (Å²) in [5.41, 5.74) is 0. The van der Waals surface area contributed by atoms with Crippen LogP contribution in [0.2, 0.25) is 0 Å². The Morgan fingerprint density at radius 1 is 1.50 bits per heavy atom. The predicted molar refractivity (Wildman–Crippen MR) is 30.8 cm³/mol. The van der Waals surface area contributed by atoms with Gasteiger partial charge in [-0.25, -0.2) is 0 Å². The van der Waals surface area contributed by atoms with E-state index in [1.165, 1.54) is 6.21 Å².